The van der Waals surface area contributed by atoms with Gasteiger partial charge in [-0.25, -0.2) is 0 Å². The minimum atomic E-state index is 0.323. The smallest absolute Gasteiger partial charge is 0.220 e. The molecule has 0 radical (unpaired) electrons. The lowest BCUT2D eigenvalue weighted by atomic mass is 9.49. The number of amides is 1. The first-order chi connectivity index (χ1) is 10.1. The zero-order chi connectivity index (χ0) is 14.9. The van der Waals surface area contributed by atoms with E-state index in [1.165, 1.54) is 38.5 Å². The molecule has 4 saturated carbocycles. The summed E-state index contributed by atoms with van der Waals surface area (Å²) in [6.45, 7) is 8.66. The van der Waals surface area contributed by atoms with Crippen LogP contribution in [0.15, 0.2) is 0 Å². The van der Waals surface area contributed by atoms with E-state index in [1.54, 1.807) is 4.90 Å². The Balaban J connectivity index is 1.46. The Bertz CT molecular complexity index is 340. The molecular weight excluding hydrogens is 260 g/mol. The van der Waals surface area contributed by atoms with Crippen LogP contribution in [0.2, 0.25) is 0 Å². The molecule has 0 saturated heterocycles. The number of likely N-dealkylation sites (N-methyl/N-ethyl adjacent to an activating group) is 1. The van der Waals surface area contributed by atoms with Gasteiger partial charge in [0.25, 0.3) is 0 Å². The van der Waals surface area contributed by atoms with E-state index in [0.717, 1.165) is 50.4 Å². The van der Waals surface area contributed by atoms with E-state index in [9.17, 15) is 4.79 Å². The molecule has 4 aliphatic carbocycles. The van der Waals surface area contributed by atoms with Gasteiger partial charge in [0.15, 0.2) is 0 Å². The standard InChI is InChI=1S/C18H32N2O/c1-3-20(4-2)6-5-19-17(21)13-18-10-14-7-15(11-18)9-16(8-14)12-18/h14-16H,3-13H2,1-2H3,(H,19,21)/p+1. The maximum Gasteiger partial charge on any atom is 0.220 e. The fourth-order valence-electron chi connectivity index (χ4n) is 5.89. The van der Waals surface area contributed by atoms with Crippen LogP contribution in [-0.4, -0.2) is 32.1 Å². The Labute approximate surface area is 129 Å². The zero-order valence-electron chi connectivity index (χ0n) is 13.9. The number of hydrogen-bond donors (Lipinski definition) is 2. The highest BCUT2D eigenvalue weighted by molar-refractivity contribution is 5.76. The van der Waals surface area contributed by atoms with Crippen LogP contribution in [0.5, 0.6) is 0 Å². The number of carbonyl (C=O) groups excluding carboxylic acids is 1. The monoisotopic (exact) mass is 293 g/mol. The molecule has 0 aromatic rings. The quantitative estimate of drug-likeness (QED) is 0.735. The number of hydrogen-bond acceptors (Lipinski definition) is 1. The molecule has 0 aromatic carbocycles. The van der Waals surface area contributed by atoms with E-state index in [1.807, 2.05) is 0 Å². The average molecular weight is 293 g/mol. The van der Waals surface area contributed by atoms with Gasteiger partial charge in [-0.2, -0.15) is 0 Å². The molecule has 0 spiro atoms. The fraction of sp³-hybridized carbons (Fsp3) is 0.944. The SMILES string of the molecule is CC[NH+](CC)CCNC(=O)CC12CC3CC(CC(C3)C1)C2. The molecule has 4 fully saturated rings. The van der Waals surface area contributed by atoms with E-state index in [-0.39, 0.29) is 0 Å². The van der Waals surface area contributed by atoms with Crippen LogP contribution < -0.4 is 10.2 Å². The molecule has 0 unspecified atom stereocenters. The van der Waals surface area contributed by atoms with Crippen LogP contribution in [0.4, 0.5) is 0 Å². The van der Waals surface area contributed by atoms with E-state index < -0.39 is 0 Å². The van der Waals surface area contributed by atoms with E-state index in [2.05, 4.69) is 19.2 Å². The van der Waals surface area contributed by atoms with Crippen molar-refractivity contribution in [1.29, 1.82) is 0 Å². The third kappa shape index (κ3) is 3.44. The predicted molar refractivity (Wildman–Crippen MR) is 85.1 cm³/mol. The average Bonchev–Trinajstić information content (AvgIpc) is 2.41. The van der Waals surface area contributed by atoms with Crippen molar-refractivity contribution < 1.29 is 9.69 Å². The Kier molecular flexibility index (Phi) is 4.58. The van der Waals surface area contributed by atoms with E-state index in [4.69, 9.17) is 0 Å². The van der Waals surface area contributed by atoms with Gasteiger partial charge in [-0.15, -0.1) is 0 Å². The molecule has 4 bridgehead atoms. The second-order valence-corrected chi connectivity index (χ2v) is 8.15. The Morgan fingerprint density at radius 3 is 2.05 bits per heavy atom. The summed E-state index contributed by atoms with van der Waals surface area (Å²) in [5, 5.41) is 3.20. The number of rotatable bonds is 7. The van der Waals surface area contributed by atoms with Crippen LogP contribution in [0, 0.1) is 23.2 Å². The highest BCUT2D eigenvalue weighted by atomic mass is 16.1. The van der Waals surface area contributed by atoms with Gasteiger partial charge in [0.1, 0.15) is 0 Å². The number of quaternary nitrogens is 1. The summed E-state index contributed by atoms with van der Waals surface area (Å²) in [6, 6.07) is 0. The maximum absolute atomic E-state index is 12.4. The van der Waals surface area contributed by atoms with E-state index in [0.29, 0.717) is 11.3 Å². The first-order valence-electron chi connectivity index (χ1n) is 9.22. The summed E-state index contributed by atoms with van der Waals surface area (Å²) in [5.74, 6) is 3.17. The molecule has 120 valence electrons. The lowest BCUT2D eigenvalue weighted by molar-refractivity contribution is -0.895. The summed E-state index contributed by atoms with van der Waals surface area (Å²) in [6.07, 6.45) is 9.23. The van der Waals surface area contributed by atoms with E-state index >= 15 is 0 Å². The summed E-state index contributed by atoms with van der Waals surface area (Å²) < 4.78 is 0. The van der Waals surface area contributed by atoms with Crippen molar-refractivity contribution in [3.05, 3.63) is 0 Å². The largest absolute Gasteiger partial charge is 0.350 e. The van der Waals surface area contributed by atoms with Gasteiger partial charge in [-0.3, -0.25) is 4.79 Å². The highest BCUT2D eigenvalue weighted by Gasteiger charge is 2.51. The lowest BCUT2D eigenvalue weighted by Crippen LogP contribution is -3.12. The van der Waals surface area contributed by atoms with Crippen LogP contribution in [0.25, 0.3) is 0 Å². The van der Waals surface area contributed by atoms with Crippen molar-refractivity contribution in [3.63, 3.8) is 0 Å². The molecule has 1 amide bonds. The first-order valence-corrected chi connectivity index (χ1v) is 9.22. The van der Waals surface area contributed by atoms with Gasteiger partial charge < -0.3 is 10.2 Å². The Morgan fingerprint density at radius 1 is 1.05 bits per heavy atom. The molecule has 0 heterocycles. The molecule has 2 N–H and O–H groups in total. The topological polar surface area (TPSA) is 33.5 Å². The molecule has 0 atom stereocenters. The van der Waals surface area contributed by atoms with Gasteiger partial charge in [0, 0.05) is 6.42 Å². The second kappa shape index (κ2) is 6.28. The van der Waals surface area contributed by atoms with Crippen LogP contribution in [0.3, 0.4) is 0 Å². The van der Waals surface area contributed by atoms with Crippen LogP contribution >= 0.6 is 0 Å². The Hall–Kier alpha value is -0.570. The molecule has 3 nitrogen and oxygen atoms in total. The van der Waals surface area contributed by atoms with Crippen molar-refractivity contribution in [3.8, 4) is 0 Å². The van der Waals surface area contributed by atoms with Crippen molar-refractivity contribution in [2.75, 3.05) is 26.2 Å². The molecule has 4 aliphatic rings. The summed E-state index contributed by atoms with van der Waals surface area (Å²) in [5.41, 5.74) is 0.390. The molecule has 0 aromatic heterocycles. The third-order valence-electron chi connectivity index (χ3n) is 6.50. The molecule has 21 heavy (non-hydrogen) atoms. The van der Waals surface area contributed by atoms with Gasteiger partial charge in [-0.05, 0) is 75.5 Å². The number of carbonyl (C=O) groups is 1. The minimum absolute atomic E-state index is 0.323. The predicted octanol–water partition coefficient (Wildman–Crippen LogP) is 1.63. The molecular formula is C18H33N2O+. The van der Waals surface area contributed by atoms with Gasteiger partial charge in [0.05, 0.1) is 26.2 Å². The molecule has 4 rings (SSSR count). The second-order valence-electron chi connectivity index (χ2n) is 8.15. The normalized spacial score (nSPS) is 37.2. The van der Waals surface area contributed by atoms with Crippen molar-refractivity contribution in [1.82, 2.24) is 5.32 Å². The third-order valence-corrected chi connectivity index (χ3v) is 6.50. The summed E-state index contributed by atoms with van der Waals surface area (Å²) in [7, 11) is 0. The minimum Gasteiger partial charge on any atom is -0.350 e. The van der Waals surface area contributed by atoms with Gasteiger partial charge in [0.2, 0.25) is 5.91 Å². The van der Waals surface area contributed by atoms with Crippen LogP contribution in [0.1, 0.15) is 58.8 Å². The molecule has 3 heteroatoms. The molecule has 0 aliphatic heterocycles. The number of nitrogens with one attached hydrogen (secondary N) is 2. The lowest BCUT2D eigenvalue weighted by Gasteiger charge is -2.56. The first kappa shape index (κ1) is 15.3. The fourth-order valence-corrected chi connectivity index (χ4v) is 5.89. The van der Waals surface area contributed by atoms with Crippen molar-refractivity contribution in [2.45, 2.75) is 58.8 Å². The summed E-state index contributed by atoms with van der Waals surface area (Å²) >= 11 is 0. The van der Waals surface area contributed by atoms with Crippen LogP contribution in [-0.2, 0) is 4.79 Å². The highest BCUT2D eigenvalue weighted by Crippen LogP contribution is 2.61. The zero-order valence-corrected chi connectivity index (χ0v) is 13.9. The van der Waals surface area contributed by atoms with Gasteiger partial charge in [-0.1, -0.05) is 0 Å². The van der Waals surface area contributed by atoms with Crippen molar-refractivity contribution >= 4 is 5.91 Å². The van der Waals surface area contributed by atoms with Crippen molar-refractivity contribution in [2.24, 2.45) is 23.2 Å². The Morgan fingerprint density at radius 2 is 1.57 bits per heavy atom. The summed E-state index contributed by atoms with van der Waals surface area (Å²) in [4.78, 5) is 13.9. The maximum atomic E-state index is 12.4. The van der Waals surface area contributed by atoms with Gasteiger partial charge >= 0.3 is 0 Å².